The van der Waals surface area contributed by atoms with Crippen LogP contribution in [0.5, 0.6) is 5.75 Å². The highest BCUT2D eigenvalue weighted by Crippen LogP contribution is 2.44. The van der Waals surface area contributed by atoms with Gasteiger partial charge in [0, 0.05) is 13.0 Å². The van der Waals surface area contributed by atoms with Crippen LogP contribution in [0, 0.1) is 5.41 Å². The number of carbonyl (C=O) groups is 2. The zero-order chi connectivity index (χ0) is 14.8. The lowest BCUT2D eigenvalue weighted by Gasteiger charge is -2.18. The molecular weight excluding hydrogens is 260 g/mol. The van der Waals surface area contributed by atoms with Crippen LogP contribution in [0.15, 0.2) is 24.3 Å². The smallest absolute Gasteiger partial charge is 0.326 e. The molecule has 1 saturated carbocycles. The highest BCUT2D eigenvalue weighted by atomic mass is 16.4. The number of rotatable bonds is 6. The number of carboxylic acid groups (broad SMARTS) is 1. The summed E-state index contributed by atoms with van der Waals surface area (Å²) < 4.78 is 0. The third-order valence-electron chi connectivity index (χ3n) is 3.71. The number of phenols is 1. The van der Waals surface area contributed by atoms with Crippen LogP contribution in [0.25, 0.3) is 0 Å². The Labute approximate surface area is 116 Å². The van der Waals surface area contributed by atoms with Crippen LogP contribution in [0.4, 0.5) is 0 Å². The minimum Gasteiger partial charge on any atom is -0.508 e. The van der Waals surface area contributed by atoms with E-state index in [1.165, 1.54) is 12.1 Å². The van der Waals surface area contributed by atoms with Gasteiger partial charge in [0.25, 0.3) is 0 Å². The van der Waals surface area contributed by atoms with Crippen molar-refractivity contribution in [1.29, 1.82) is 0 Å². The number of nitrogens with two attached hydrogens (primary N) is 1. The first-order valence-electron chi connectivity index (χ1n) is 6.48. The summed E-state index contributed by atoms with van der Waals surface area (Å²) in [6.45, 7) is 0.240. The van der Waals surface area contributed by atoms with E-state index >= 15 is 0 Å². The Kier molecular flexibility index (Phi) is 3.94. The quantitative estimate of drug-likeness (QED) is 0.595. The molecule has 0 spiro atoms. The number of nitrogens with one attached hydrogen (secondary N) is 1. The van der Waals surface area contributed by atoms with Gasteiger partial charge in [-0.05, 0) is 30.5 Å². The lowest BCUT2D eigenvalue weighted by molar-refractivity contribution is -0.142. The first-order valence-corrected chi connectivity index (χ1v) is 6.48. The summed E-state index contributed by atoms with van der Waals surface area (Å²) in [7, 11) is 0. The molecule has 20 heavy (non-hydrogen) atoms. The van der Waals surface area contributed by atoms with Crippen LogP contribution in [-0.2, 0) is 16.0 Å². The number of hydrogen-bond donors (Lipinski definition) is 4. The summed E-state index contributed by atoms with van der Waals surface area (Å²) in [5.74, 6) is -1.25. The number of carboxylic acids is 1. The molecule has 1 aliphatic carbocycles. The summed E-state index contributed by atoms with van der Waals surface area (Å²) >= 11 is 0. The van der Waals surface area contributed by atoms with Crippen LogP contribution in [-0.4, -0.2) is 34.7 Å². The van der Waals surface area contributed by atoms with Gasteiger partial charge in [0.1, 0.15) is 11.8 Å². The maximum atomic E-state index is 12.0. The number of carbonyl (C=O) groups excluding carboxylic acids is 1. The second-order valence-corrected chi connectivity index (χ2v) is 5.22. The summed E-state index contributed by atoms with van der Waals surface area (Å²) in [6, 6.07) is 5.24. The Morgan fingerprint density at radius 1 is 1.30 bits per heavy atom. The van der Waals surface area contributed by atoms with E-state index < -0.39 is 17.4 Å². The molecule has 6 nitrogen and oxygen atoms in total. The van der Waals surface area contributed by atoms with Crippen molar-refractivity contribution < 1.29 is 19.8 Å². The largest absolute Gasteiger partial charge is 0.508 e. The summed E-state index contributed by atoms with van der Waals surface area (Å²) in [4.78, 5) is 23.3. The van der Waals surface area contributed by atoms with Gasteiger partial charge >= 0.3 is 5.97 Å². The monoisotopic (exact) mass is 278 g/mol. The third kappa shape index (κ3) is 3.08. The van der Waals surface area contributed by atoms with Crippen LogP contribution >= 0.6 is 0 Å². The van der Waals surface area contributed by atoms with E-state index in [1.807, 2.05) is 0 Å². The average Bonchev–Trinajstić information content (AvgIpc) is 3.21. The van der Waals surface area contributed by atoms with Crippen LogP contribution in [0.1, 0.15) is 18.4 Å². The van der Waals surface area contributed by atoms with E-state index in [0.29, 0.717) is 12.8 Å². The second kappa shape index (κ2) is 5.50. The average molecular weight is 278 g/mol. The molecule has 0 heterocycles. The van der Waals surface area contributed by atoms with Gasteiger partial charge in [0.15, 0.2) is 0 Å². The van der Waals surface area contributed by atoms with Gasteiger partial charge in [-0.15, -0.1) is 0 Å². The molecule has 0 saturated heterocycles. The van der Waals surface area contributed by atoms with Gasteiger partial charge < -0.3 is 21.3 Å². The minimum absolute atomic E-state index is 0.115. The van der Waals surface area contributed by atoms with Gasteiger partial charge in [-0.3, -0.25) is 4.79 Å². The number of benzene rings is 1. The first-order chi connectivity index (χ1) is 9.47. The predicted molar refractivity (Wildman–Crippen MR) is 72.1 cm³/mol. The Morgan fingerprint density at radius 3 is 2.35 bits per heavy atom. The van der Waals surface area contributed by atoms with E-state index in [4.69, 9.17) is 5.73 Å². The highest BCUT2D eigenvalue weighted by Gasteiger charge is 2.49. The topological polar surface area (TPSA) is 113 Å². The normalized spacial score (nSPS) is 17.2. The predicted octanol–water partition coefficient (Wildman–Crippen LogP) is 0.243. The lowest BCUT2D eigenvalue weighted by atomic mass is 10.0. The molecule has 1 amide bonds. The van der Waals surface area contributed by atoms with Crippen LogP contribution < -0.4 is 11.1 Å². The van der Waals surface area contributed by atoms with Crippen molar-refractivity contribution >= 4 is 11.9 Å². The highest BCUT2D eigenvalue weighted by molar-refractivity contribution is 5.89. The standard InChI is InChI=1S/C14H18N2O4/c15-8-14(5-6-14)13(20)16-11(12(18)19)7-9-1-3-10(17)4-2-9/h1-4,11,17H,5-8,15H2,(H,16,20)(H,18,19)/t11-/m1/s1. The minimum atomic E-state index is -1.08. The van der Waals surface area contributed by atoms with Gasteiger partial charge in [0.05, 0.1) is 5.41 Å². The molecule has 1 aliphatic rings. The Hall–Kier alpha value is -2.08. The summed E-state index contributed by atoms with van der Waals surface area (Å²) in [5.41, 5.74) is 5.72. The van der Waals surface area contributed by atoms with Crippen molar-refractivity contribution in [2.75, 3.05) is 6.54 Å². The molecule has 0 bridgehead atoms. The second-order valence-electron chi connectivity index (χ2n) is 5.22. The Bertz CT molecular complexity index is 508. The van der Waals surface area contributed by atoms with Crippen molar-refractivity contribution in [3.63, 3.8) is 0 Å². The van der Waals surface area contributed by atoms with E-state index in [-0.39, 0.29) is 24.6 Å². The zero-order valence-corrected chi connectivity index (χ0v) is 11.0. The van der Waals surface area contributed by atoms with Crippen LogP contribution in [0.2, 0.25) is 0 Å². The molecule has 1 fully saturated rings. The van der Waals surface area contributed by atoms with E-state index in [0.717, 1.165) is 5.56 Å². The number of phenolic OH excluding ortho intramolecular Hbond substituents is 1. The van der Waals surface area contributed by atoms with Gasteiger partial charge in [-0.25, -0.2) is 4.79 Å². The van der Waals surface area contributed by atoms with Crippen molar-refractivity contribution in [2.24, 2.45) is 11.1 Å². The Morgan fingerprint density at radius 2 is 1.90 bits per heavy atom. The molecule has 1 atom stereocenters. The first kappa shape index (κ1) is 14.3. The fourth-order valence-electron chi connectivity index (χ4n) is 2.05. The number of amides is 1. The summed E-state index contributed by atoms with van der Waals surface area (Å²) in [6.07, 6.45) is 1.59. The SMILES string of the molecule is NCC1(C(=O)N[C@H](Cc2ccc(O)cc2)C(=O)O)CC1. The maximum absolute atomic E-state index is 12.0. The fourth-order valence-corrected chi connectivity index (χ4v) is 2.05. The summed E-state index contributed by atoms with van der Waals surface area (Å²) in [5, 5.41) is 20.9. The molecule has 0 radical (unpaired) electrons. The molecular formula is C14H18N2O4. The molecule has 108 valence electrons. The molecule has 1 aromatic rings. The van der Waals surface area contributed by atoms with Crippen molar-refractivity contribution in [3.05, 3.63) is 29.8 Å². The molecule has 2 rings (SSSR count). The third-order valence-corrected chi connectivity index (χ3v) is 3.71. The van der Waals surface area contributed by atoms with Gasteiger partial charge in [-0.2, -0.15) is 0 Å². The number of aliphatic carboxylic acids is 1. The zero-order valence-electron chi connectivity index (χ0n) is 11.0. The van der Waals surface area contributed by atoms with Crippen molar-refractivity contribution in [2.45, 2.75) is 25.3 Å². The number of hydrogen-bond acceptors (Lipinski definition) is 4. The lowest BCUT2D eigenvalue weighted by Crippen LogP contribution is -2.47. The molecule has 6 heteroatoms. The number of aromatic hydroxyl groups is 1. The molecule has 5 N–H and O–H groups in total. The van der Waals surface area contributed by atoms with Crippen molar-refractivity contribution in [3.8, 4) is 5.75 Å². The van der Waals surface area contributed by atoms with Gasteiger partial charge in [0.2, 0.25) is 5.91 Å². The van der Waals surface area contributed by atoms with Crippen LogP contribution in [0.3, 0.4) is 0 Å². The molecule has 1 aromatic carbocycles. The molecule has 0 aliphatic heterocycles. The van der Waals surface area contributed by atoms with E-state index in [9.17, 15) is 19.8 Å². The van der Waals surface area contributed by atoms with E-state index in [1.54, 1.807) is 12.1 Å². The van der Waals surface area contributed by atoms with E-state index in [2.05, 4.69) is 5.32 Å². The Balaban J connectivity index is 2.02. The fraction of sp³-hybridized carbons (Fsp3) is 0.429. The molecule has 0 aromatic heterocycles. The van der Waals surface area contributed by atoms with Crippen molar-refractivity contribution in [1.82, 2.24) is 5.32 Å². The van der Waals surface area contributed by atoms with Gasteiger partial charge in [-0.1, -0.05) is 12.1 Å². The molecule has 0 unspecified atom stereocenters. The maximum Gasteiger partial charge on any atom is 0.326 e.